The van der Waals surface area contributed by atoms with Gasteiger partial charge in [-0.3, -0.25) is 4.79 Å². The first-order chi connectivity index (χ1) is 17.2. The molecule has 8 heteroatoms. The first-order valence-corrected chi connectivity index (χ1v) is 12.1. The molecule has 2 N–H and O–H groups in total. The number of allylic oxidation sites excluding steroid dienone is 10. The highest BCUT2D eigenvalue weighted by Crippen LogP contribution is 2.45. The molecule has 3 aromatic rings. The molecule has 1 unspecified atom stereocenters. The third kappa shape index (κ3) is 5.27. The number of hydrogen-bond acceptors (Lipinski definition) is 6. The largest absolute Gasteiger partial charge is 0.382 e. The van der Waals surface area contributed by atoms with Crippen molar-refractivity contribution in [2.75, 3.05) is 5.73 Å². The number of carbonyl (C=O) groups is 1. The summed E-state index contributed by atoms with van der Waals surface area (Å²) in [4.78, 5) is 29.1. The molecule has 1 atom stereocenters. The van der Waals surface area contributed by atoms with Crippen molar-refractivity contribution in [2.24, 2.45) is 5.41 Å². The second-order valence-electron chi connectivity index (χ2n) is 9.92. The normalized spacial score (nSPS) is 19.2. The summed E-state index contributed by atoms with van der Waals surface area (Å²) in [7, 11) is 0. The van der Waals surface area contributed by atoms with Gasteiger partial charge in [-0.25, -0.2) is 24.5 Å². The molecule has 36 heavy (non-hydrogen) atoms. The van der Waals surface area contributed by atoms with Crippen LogP contribution in [-0.2, 0) is 0 Å². The van der Waals surface area contributed by atoms with E-state index in [0.29, 0.717) is 17.2 Å². The van der Waals surface area contributed by atoms with E-state index in [0.717, 1.165) is 24.0 Å². The summed E-state index contributed by atoms with van der Waals surface area (Å²) < 4.78 is 3.57. The smallest absolute Gasteiger partial charge is 0.257 e. The molecule has 0 saturated carbocycles. The zero-order valence-electron chi connectivity index (χ0n) is 21.5. The van der Waals surface area contributed by atoms with Crippen LogP contribution in [0.15, 0.2) is 90.1 Å². The minimum atomic E-state index is -0.243. The van der Waals surface area contributed by atoms with Crippen LogP contribution in [0.5, 0.6) is 0 Å². The van der Waals surface area contributed by atoms with E-state index in [-0.39, 0.29) is 17.1 Å². The Labute approximate surface area is 211 Å². The van der Waals surface area contributed by atoms with Crippen molar-refractivity contribution in [3.8, 4) is 0 Å². The molecule has 1 aliphatic rings. The second kappa shape index (κ2) is 10.3. The van der Waals surface area contributed by atoms with E-state index in [1.54, 1.807) is 6.08 Å². The van der Waals surface area contributed by atoms with Gasteiger partial charge in [0, 0.05) is 18.5 Å². The van der Waals surface area contributed by atoms with Crippen molar-refractivity contribution in [1.82, 2.24) is 29.1 Å². The van der Waals surface area contributed by atoms with Crippen LogP contribution in [0.2, 0.25) is 0 Å². The molecule has 0 spiro atoms. The van der Waals surface area contributed by atoms with Gasteiger partial charge in [0.25, 0.3) is 5.91 Å². The van der Waals surface area contributed by atoms with Crippen molar-refractivity contribution in [2.45, 2.75) is 53.5 Å². The van der Waals surface area contributed by atoms with E-state index in [1.165, 1.54) is 28.4 Å². The number of aromatic nitrogens is 6. The minimum Gasteiger partial charge on any atom is -0.382 e. The Morgan fingerprint density at radius 3 is 2.69 bits per heavy atom. The van der Waals surface area contributed by atoms with Crippen LogP contribution in [0.1, 0.15) is 58.3 Å². The molecule has 3 heterocycles. The molecule has 0 fully saturated rings. The van der Waals surface area contributed by atoms with E-state index >= 15 is 0 Å². The fraction of sp³-hybridized carbons (Fsp3) is 0.321. The van der Waals surface area contributed by atoms with E-state index in [4.69, 9.17) is 5.73 Å². The fourth-order valence-electron chi connectivity index (χ4n) is 4.69. The summed E-state index contributed by atoms with van der Waals surface area (Å²) in [6, 6.07) is 0.352. The Morgan fingerprint density at radius 2 is 1.94 bits per heavy atom. The van der Waals surface area contributed by atoms with Crippen molar-refractivity contribution in [3.05, 3.63) is 90.1 Å². The Balaban J connectivity index is 1.47. The van der Waals surface area contributed by atoms with Crippen LogP contribution in [-0.4, -0.2) is 35.0 Å². The standard InChI is InChI=1S/C28H33N7O/c1-19(9-10-22-21(3)23(11-12-28(22,4)5)34-14-13-30-17-34)7-6-8-20(2)15-24(36)35-18-33-25-26(29)31-16-32-27(25)35/h6-10,13-18,23H,11-12H2,1-5H3,(H2,29,31,32). The molecule has 0 aromatic carbocycles. The zero-order valence-corrected chi connectivity index (χ0v) is 21.5. The van der Waals surface area contributed by atoms with Gasteiger partial charge in [-0.1, -0.05) is 49.8 Å². The topological polar surface area (TPSA) is 105 Å². The van der Waals surface area contributed by atoms with E-state index in [2.05, 4.69) is 64.4 Å². The van der Waals surface area contributed by atoms with Crippen molar-refractivity contribution >= 4 is 22.9 Å². The summed E-state index contributed by atoms with van der Waals surface area (Å²) in [6.07, 6.45) is 22.6. The maximum absolute atomic E-state index is 12.7. The molecular weight excluding hydrogens is 450 g/mol. The Hall–Kier alpha value is -4.07. The molecule has 0 saturated heterocycles. The van der Waals surface area contributed by atoms with Gasteiger partial charge in [0.05, 0.1) is 12.4 Å². The first-order valence-electron chi connectivity index (χ1n) is 12.1. The molecule has 8 nitrogen and oxygen atoms in total. The average Bonchev–Trinajstić information content (AvgIpc) is 3.49. The van der Waals surface area contributed by atoms with Gasteiger partial charge in [-0.2, -0.15) is 0 Å². The van der Waals surface area contributed by atoms with Crippen molar-refractivity contribution in [1.29, 1.82) is 0 Å². The van der Waals surface area contributed by atoms with Gasteiger partial charge < -0.3 is 10.3 Å². The van der Waals surface area contributed by atoms with Gasteiger partial charge in [0.1, 0.15) is 12.7 Å². The number of fused-ring (bicyclic) bond motifs is 1. The lowest BCUT2D eigenvalue weighted by Crippen LogP contribution is -2.25. The van der Waals surface area contributed by atoms with Crippen molar-refractivity contribution < 1.29 is 4.79 Å². The highest BCUT2D eigenvalue weighted by Gasteiger charge is 2.32. The highest BCUT2D eigenvalue weighted by molar-refractivity contribution is 5.97. The van der Waals surface area contributed by atoms with E-state index in [9.17, 15) is 4.79 Å². The van der Waals surface area contributed by atoms with Crippen LogP contribution in [0.25, 0.3) is 11.2 Å². The van der Waals surface area contributed by atoms with Crippen LogP contribution >= 0.6 is 0 Å². The number of hydrogen-bond donors (Lipinski definition) is 1. The highest BCUT2D eigenvalue weighted by atomic mass is 16.2. The Bertz CT molecular complexity index is 1420. The molecule has 3 aromatic heterocycles. The van der Waals surface area contributed by atoms with Crippen molar-refractivity contribution in [3.63, 3.8) is 0 Å². The van der Waals surface area contributed by atoms with E-state index < -0.39 is 0 Å². The molecule has 1 aliphatic carbocycles. The monoisotopic (exact) mass is 483 g/mol. The second-order valence-corrected chi connectivity index (χ2v) is 9.92. The number of anilines is 1. The molecule has 186 valence electrons. The van der Waals surface area contributed by atoms with Gasteiger partial charge in [-0.05, 0) is 55.7 Å². The number of nitrogen functional groups attached to an aromatic ring is 1. The SMILES string of the molecule is CC(C=CC1=C(C)C(n2ccnc2)CCC1(C)C)=CC=CC(C)=CC(=O)n1cnc2c(N)ncnc21. The lowest BCUT2D eigenvalue weighted by Gasteiger charge is -2.37. The number of carbonyl (C=O) groups excluding carboxylic acids is 1. The summed E-state index contributed by atoms with van der Waals surface area (Å²) in [6.45, 7) is 10.8. The maximum Gasteiger partial charge on any atom is 0.257 e. The summed E-state index contributed by atoms with van der Waals surface area (Å²) >= 11 is 0. The Kier molecular flexibility index (Phi) is 7.15. The summed E-state index contributed by atoms with van der Waals surface area (Å²) in [5, 5.41) is 0. The summed E-state index contributed by atoms with van der Waals surface area (Å²) in [5.41, 5.74) is 11.4. The number of nitrogens with zero attached hydrogens (tertiary/aromatic N) is 6. The summed E-state index contributed by atoms with van der Waals surface area (Å²) in [5.74, 6) is 0.00775. The van der Waals surface area contributed by atoms with Gasteiger partial charge in [0.15, 0.2) is 17.0 Å². The number of imidazole rings is 2. The quantitative estimate of drug-likeness (QED) is 0.360. The third-order valence-corrected chi connectivity index (χ3v) is 6.76. The lowest BCUT2D eigenvalue weighted by atomic mass is 9.71. The number of nitrogens with two attached hydrogens (primary N) is 1. The van der Waals surface area contributed by atoms with Crippen LogP contribution < -0.4 is 5.73 Å². The van der Waals surface area contributed by atoms with E-state index in [1.807, 2.05) is 43.9 Å². The molecule has 0 radical (unpaired) electrons. The predicted octanol–water partition coefficient (Wildman–Crippen LogP) is 5.63. The van der Waals surface area contributed by atoms with Gasteiger partial charge in [-0.15, -0.1) is 0 Å². The molecular formula is C28H33N7O. The molecule has 0 bridgehead atoms. The molecule has 0 aliphatic heterocycles. The minimum absolute atomic E-state index is 0.126. The maximum atomic E-state index is 12.7. The predicted molar refractivity (Wildman–Crippen MR) is 143 cm³/mol. The third-order valence-electron chi connectivity index (χ3n) is 6.76. The van der Waals surface area contributed by atoms with Gasteiger partial charge >= 0.3 is 0 Å². The number of rotatable bonds is 6. The zero-order chi connectivity index (χ0) is 25.9. The first kappa shape index (κ1) is 25.0. The van der Waals surface area contributed by atoms with Gasteiger partial charge in [0.2, 0.25) is 0 Å². The molecule has 4 rings (SSSR count). The van der Waals surface area contributed by atoms with Crippen LogP contribution in [0.3, 0.4) is 0 Å². The van der Waals surface area contributed by atoms with Crippen LogP contribution in [0.4, 0.5) is 5.82 Å². The average molecular weight is 484 g/mol. The fourth-order valence-corrected chi connectivity index (χ4v) is 4.69. The lowest BCUT2D eigenvalue weighted by molar-refractivity contribution is 0.0972. The Morgan fingerprint density at radius 1 is 1.14 bits per heavy atom. The molecule has 0 amide bonds. The van der Waals surface area contributed by atoms with Crippen LogP contribution in [0, 0.1) is 5.41 Å².